The largest absolute Gasteiger partial charge is 0.348 e. The number of rotatable bonds is 1. The molecule has 0 aliphatic carbocycles. The molecule has 0 atom stereocenters. The SMILES string of the molecule is CC(C)(C)C(C)(C)c1cnc[nH]1. The minimum absolute atomic E-state index is 0.142. The van der Waals surface area contributed by atoms with Gasteiger partial charge in [-0.3, -0.25) is 0 Å². The van der Waals surface area contributed by atoms with Crippen LogP contribution in [0.25, 0.3) is 0 Å². The van der Waals surface area contributed by atoms with Crippen LogP contribution in [0.1, 0.15) is 40.3 Å². The van der Waals surface area contributed by atoms with Gasteiger partial charge in [-0.1, -0.05) is 34.6 Å². The molecule has 1 heterocycles. The van der Waals surface area contributed by atoms with E-state index in [1.807, 2.05) is 6.20 Å². The maximum Gasteiger partial charge on any atom is 0.0921 e. The number of hydrogen-bond acceptors (Lipinski definition) is 1. The van der Waals surface area contributed by atoms with Gasteiger partial charge in [0.15, 0.2) is 0 Å². The molecule has 1 aromatic rings. The van der Waals surface area contributed by atoms with Crippen LogP contribution in [-0.4, -0.2) is 9.97 Å². The maximum atomic E-state index is 4.05. The van der Waals surface area contributed by atoms with E-state index in [0.29, 0.717) is 0 Å². The summed E-state index contributed by atoms with van der Waals surface area (Å²) in [4.78, 5) is 7.22. The molecule has 0 aromatic carbocycles. The van der Waals surface area contributed by atoms with Gasteiger partial charge >= 0.3 is 0 Å². The van der Waals surface area contributed by atoms with Crippen LogP contribution >= 0.6 is 0 Å². The van der Waals surface area contributed by atoms with Gasteiger partial charge in [0.2, 0.25) is 0 Å². The van der Waals surface area contributed by atoms with E-state index in [1.54, 1.807) is 6.33 Å². The Morgan fingerprint density at radius 3 is 2.08 bits per heavy atom. The summed E-state index contributed by atoms with van der Waals surface area (Å²) in [7, 11) is 0. The Kier molecular flexibility index (Phi) is 2.02. The molecule has 0 fully saturated rings. The lowest BCUT2D eigenvalue weighted by molar-refractivity contribution is 0.220. The highest BCUT2D eigenvalue weighted by Gasteiger charge is 2.35. The molecule has 1 rings (SSSR count). The van der Waals surface area contributed by atoms with Crippen LogP contribution in [0, 0.1) is 5.41 Å². The Morgan fingerprint density at radius 2 is 1.75 bits per heavy atom. The summed E-state index contributed by atoms with van der Waals surface area (Å²) in [6, 6.07) is 0. The summed E-state index contributed by atoms with van der Waals surface area (Å²) in [6.45, 7) is 11.2. The Balaban J connectivity index is 3.02. The van der Waals surface area contributed by atoms with Crippen molar-refractivity contribution < 1.29 is 0 Å². The minimum atomic E-state index is 0.142. The fraction of sp³-hybridized carbons (Fsp3) is 0.700. The van der Waals surface area contributed by atoms with E-state index in [1.165, 1.54) is 5.69 Å². The van der Waals surface area contributed by atoms with Gasteiger partial charge in [-0.25, -0.2) is 4.98 Å². The second-order valence-corrected chi connectivity index (χ2v) is 4.84. The third kappa shape index (κ3) is 1.38. The first-order valence-corrected chi connectivity index (χ1v) is 4.34. The third-order valence-electron chi connectivity index (χ3n) is 3.05. The highest BCUT2D eigenvalue weighted by molar-refractivity contribution is 5.14. The first-order valence-electron chi connectivity index (χ1n) is 4.34. The zero-order chi connectivity index (χ0) is 9.41. The van der Waals surface area contributed by atoms with Crippen molar-refractivity contribution in [2.24, 2.45) is 5.41 Å². The van der Waals surface area contributed by atoms with Crippen molar-refractivity contribution in [1.29, 1.82) is 0 Å². The summed E-state index contributed by atoms with van der Waals surface area (Å²) < 4.78 is 0. The molecule has 0 aliphatic rings. The fourth-order valence-electron chi connectivity index (χ4n) is 1.00. The molecule has 2 heteroatoms. The number of aromatic nitrogens is 2. The van der Waals surface area contributed by atoms with Crippen molar-refractivity contribution in [2.45, 2.75) is 40.0 Å². The summed E-state index contributed by atoms with van der Waals surface area (Å²) in [5.41, 5.74) is 1.60. The zero-order valence-corrected chi connectivity index (χ0v) is 8.60. The van der Waals surface area contributed by atoms with Crippen molar-refractivity contribution in [2.75, 3.05) is 0 Å². The van der Waals surface area contributed by atoms with E-state index in [9.17, 15) is 0 Å². The molecule has 68 valence electrons. The highest BCUT2D eigenvalue weighted by Crippen LogP contribution is 2.39. The van der Waals surface area contributed by atoms with Gasteiger partial charge in [0, 0.05) is 17.3 Å². The molecule has 0 bridgehead atoms. The number of imidazole rings is 1. The smallest absolute Gasteiger partial charge is 0.0921 e. The molecule has 12 heavy (non-hydrogen) atoms. The fourth-order valence-corrected chi connectivity index (χ4v) is 1.00. The second kappa shape index (κ2) is 2.61. The summed E-state index contributed by atoms with van der Waals surface area (Å²) >= 11 is 0. The van der Waals surface area contributed by atoms with Gasteiger partial charge in [-0.05, 0) is 5.41 Å². The summed E-state index contributed by atoms with van der Waals surface area (Å²) in [6.07, 6.45) is 3.65. The lowest BCUT2D eigenvalue weighted by Gasteiger charge is -2.37. The lowest BCUT2D eigenvalue weighted by Crippen LogP contribution is -2.34. The molecule has 0 aliphatic heterocycles. The topological polar surface area (TPSA) is 28.7 Å². The normalized spacial score (nSPS) is 13.4. The molecule has 2 nitrogen and oxygen atoms in total. The molecule has 0 saturated heterocycles. The number of H-pyrrole nitrogens is 1. The van der Waals surface area contributed by atoms with Crippen LogP contribution < -0.4 is 0 Å². The van der Waals surface area contributed by atoms with Gasteiger partial charge in [-0.2, -0.15) is 0 Å². The predicted octanol–water partition coefficient (Wildman–Crippen LogP) is 2.73. The molecule has 0 unspecified atom stereocenters. The van der Waals surface area contributed by atoms with Crippen molar-refractivity contribution in [3.8, 4) is 0 Å². The van der Waals surface area contributed by atoms with Crippen molar-refractivity contribution in [3.05, 3.63) is 18.2 Å². The molecule has 1 N–H and O–H groups in total. The first-order chi connectivity index (χ1) is 5.36. The first kappa shape index (κ1) is 9.30. The van der Waals surface area contributed by atoms with Crippen LogP contribution in [0.15, 0.2) is 12.5 Å². The van der Waals surface area contributed by atoms with E-state index in [4.69, 9.17) is 0 Å². The predicted molar refractivity (Wildman–Crippen MR) is 51.1 cm³/mol. The van der Waals surface area contributed by atoms with E-state index < -0.39 is 0 Å². The Bertz CT molecular complexity index is 239. The van der Waals surface area contributed by atoms with Crippen LogP contribution in [0.2, 0.25) is 0 Å². The Hall–Kier alpha value is -0.790. The standard InChI is InChI=1S/C10H18N2/c1-9(2,3)10(4,5)8-6-11-7-12-8/h6-7H,1-5H3,(H,11,12). The molecular formula is C10H18N2. The van der Waals surface area contributed by atoms with E-state index in [-0.39, 0.29) is 10.8 Å². The monoisotopic (exact) mass is 166 g/mol. The molecule has 0 amide bonds. The summed E-state index contributed by atoms with van der Waals surface area (Å²) in [5, 5.41) is 0. The lowest BCUT2D eigenvalue weighted by atomic mass is 9.67. The van der Waals surface area contributed by atoms with E-state index in [2.05, 4.69) is 44.6 Å². The highest BCUT2D eigenvalue weighted by atomic mass is 14.9. The zero-order valence-electron chi connectivity index (χ0n) is 8.60. The van der Waals surface area contributed by atoms with E-state index >= 15 is 0 Å². The average Bonchev–Trinajstić information content (AvgIpc) is 2.34. The quantitative estimate of drug-likeness (QED) is 0.682. The number of nitrogens with one attached hydrogen (secondary N) is 1. The third-order valence-corrected chi connectivity index (χ3v) is 3.05. The Morgan fingerprint density at radius 1 is 1.17 bits per heavy atom. The van der Waals surface area contributed by atoms with Crippen LogP contribution in [0.5, 0.6) is 0 Å². The van der Waals surface area contributed by atoms with Gasteiger partial charge in [0.1, 0.15) is 0 Å². The number of hydrogen-bond donors (Lipinski definition) is 1. The molecule has 1 aromatic heterocycles. The van der Waals surface area contributed by atoms with Crippen molar-refractivity contribution >= 4 is 0 Å². The van der Waals surface area contributed by atoms with Crippen LogP contribution in [-0.2, 0) is 5.41 Å². The van der Waals surface area contributed by atoms with Gasteiger partial charge in [0.25, 0.3) is 0 Å². The average molecular weight is 166 g/mol. The van der Waals surface area contributed by atoms with Gasteiger partial charge in [-0.15, -0.1) is 0 Å². The van der Waals surface area contributed by atoms with Crippen LogP contribution in [0.3, 0.4) is 0 Å². The van der Waals surface area contributed by atoms with E-state index in [0.717, 1.165) is 0 Å². The van der Waals surface area contributed by atoms with Crippen molar-refractivity contribution in [3.63, 3.8) is 0 Å². The van der Waals surface area contributed by atoms with Crippen LogP contribution in [0.4, 0.5) is 0 Å². The van der Waals surface area contributed by atoms with Crippen molar-refractivity contribution in [1.82, 2.24) is 9.97 Å². The Labute approximate surface area is 74.4 Å². The second-order valence-electron chi connectivity index (χ2n) is 4.84. The molecule has 0 saturated carbocycles. The summed E-state index contributed by atoms with van der Waals surface area (Å²) in [5.74, 6) is 0. The number of nitrogens with zero attached hydrogens (tertiary/aromatic N) is 1. The minimum Gasteiger partial charge on any atom is -0.348 e. The molecule has 0 spiro atoms. The molecule has 0 radical (unpaired) electrons. The van der Waals surface area contributed by atoms with Gasteiger partial charge < -0.3 is 4.98 Å². The van der Waals surface area contributed by atoms with Gasteiger partial charge in [0.05, 0.1) is 6.33 Å². The molecular weight excluding hydrogens is 148 g/mol. The maximum absolute atomic E-state index is 4.05. The number of aromatic amines is 1.